The standard InChI is InChI=1S/C19H19NO2/c21-18-8-4-3-7-16(18)15-6-2-1-5-14(15)13-9-10-19-17(11-13)20-12-22-19/h3-4,7-12,14-15,21H,1-2,5-6H2. The average molecular weight is 293 g/mol. The molecular weight excluding hydrogens is 274 g/mol. The zero-order valence-corrected chi connectivity index (χ0v) is 12.4. The number of benzene rings is 2. The third-order valence-corrected chi connectivity index (χ3v) is 4.88. The van der Waals surface area contributed by atoms with Gasteiger partial charge in [-0.1, -0.05) is 37.1 Å². The summed E-state index contributed by atoms with van der Waals surface area (Å²) in [6.07, 6.45) is 6.24. The van der Waals surface area contributed by atoms with Gasteiger partial charge in [-0.15, -0.1) is 0 Å². The number of hydrogen-bond donors (Lipinski definition) is 1. The lowest BCUT2D eigenvalue weighted by atomic mass is 9.72. The second kappa shape index (κ2) is 5.48. The third kappa shape index (κ3) is 2.27. The number of fused-ring (bicyclic) bond motifs is 1. The predicted octanol–water partition coefficient (Wildman–Crippen LogP) is 4.97. The van der Waals surface area contributed by atoms with Crippen LogP contribution in [-0.2, 0) is 0 Å². The van der Waals surface area contributed by atoms with Crippen LogP contribution in [0, 0.1) is 0 Å². The number of phenols is 1. The highest BCUT2D eigenvalue weighted by Gasteiger charge is 2.29. The van der Waals surface area contributed by atoms with E-state index in [0.717, 1.165) is 29.5 Å². The van der Waals surface area contributed by atoms with Crippen LogP contribution in [0.5, 0.6) is 5.75 Å². The zero-order chi connectivity index (χ0) is 14.9. The predicted molar refractivity (Wildman–Crippen MR) is 86.1 cm³/mol. The van der Waals surface area contributed by atoms with Gasteiger partial charge in [0.15, 0.2) is 12.0 Å². The highest BCUT2D eigenvalue weighted by Crippen LogP contribution is 2.46. The van der Waals surface area contributed by atoms with E-state index < -0.39 is 0 Å². The maximum Gasteiger partial charge on any atom is 0.181 e. The van der Waals surface area contributed by atoms with Gasteiger partial charge in [-0.05, 0) is 54.0 Å². The fourth-order valence-electron chi connectivity index (χ4n) is 3.81. The molecule has 2 unspecified atom stereocenters. The van der Waals surface area contributed by atoms with Crippen molar-refractivity contribution in [1.82, 2.24) is 4.98 Å². The van der Waals surface area contributed by atoms with Crippen LogP contribution in [-0.4, -0.2) is 10.1 Å². The summed E-state index contributed by atoms with van der Waals surface area (Å²) in [4.78, 5) is 4.27. The van der Waals surface area contributed by atoms with E-state index >= 15 is 0 Å². The van der Waals surface area contributed by atoms with Gasteiger partial charge in [-0.25, -0.2) is 4.98 Å². The topological polar surface area (TPSA) is 46.3 Å². The monoisotopic (exact) mass is 293 g/mol. The molecule has 1 aliphatic carbocycles. The number of para-hydroxylation sites is 1. The van der Waals surface area contributed by atoms with E-state index in [1.807, 2.05) is 18.2 Å². The summed E-state index contributed by atoms with van der Waals surface area (Å²) in [7, 11) is 0. The van der Waals surface area contributed by atoms with Gasteiger partial charge in [-0.2, -0.15) is 0 Å². The number of aromatic nitrogens is 1. The van der Waals surface area contributed by atoms with E-state index in [1.165, 1.54) is 24.8 Å². The van der Waals surface area contributed by atoms with Gasteiger partial charge in [0.05, 0.1) is 0 Å². The second-order valence-electron chi connectivity index (χ2n) is 6.14. The molecule has 3 aromatic rings. The van der Waals surface area contributed by atoms with Crippen molar-refractivity contribution in [3.8, 4) is 5.75 Å². The first-order chi connectivity index (χ1) is 10.8. The van der Waals surface area contributed by atoms with Crippen LogP contribution in [0.1, 0.15) is 48.6 Å². The summed E-state index contributed by atoms with van der Waals surface area (Å²) in [5, 5.41) is 10.2. The molecule has 0 amide bonds. The number of oxazole rings is 1. The normalized spacial score (nSPS) is 22.0. The molecule has 0 saturated heterocycles. The van der Waals surface area contributed by atoms with Crippen molar-refractivity contribution in [3.63, 3.8) is 0 Å². The summed E-state index contributed by atoms with van der Waals surface area (Å²) in [6.45, 7) is 0. The van der Waals surface area contributed by atoms with Crippen LogP contribution in [0.15, 0.2) is 53.3 Å². The largest absolute Gasteiger partial charge is 0.508 e. The van der Waals surface area contributed by atoms with Crippen LogP contribution in [0.25, 0.3) is 11.1 Å². The highest BCUT2D eigenvalue weighted by atomic mass is 16.3. The molecule has 2 aromatic carbocycles. The van der Waals surface area contributed by atoms with E-state index in [9.17, 15) is 5.11 Å². The van der Waals surface area contributed by atoms with Crippen LogP contribution >= 0.6 is 0 Å². The van der Waals surface area contributed by atoms with Crippen LogP contribution in [0.2, 0.25) is 0 Å². The quantitative estimate of drug-likeness (QED) is 0.725. The second-order valence-corrected chi connectivity index (χ2v) is 6.14. The molecule has 0 aliphatic heterocycles. The van der Waals surface area contributed by atoms with Gasteiger partial charge in [0, 0.05) is 0 Å². The van der Waals surface area contributed by atoms with Crippen LogP contribution < -0.4 is 0 Å². The maximum atomic E-state index is 10.2. The first-order valence-corrected chi connectivity index (χ1v) is 7.94. The lowest BCUT2D eigenvalue weighted by Crippen LogP contribution is -2.16. The number of hydrogen-bond acceptors (Lipinski definition) is 3. The molecule has 0 spiro atoms. The van der Waals surface area contributed by atoms with E-state index in [-0.39, 0.29) is 0 Å². The lowest BCUT2D eigenvalue weighted by molar-refractivity contribution is 0.371. The van der Waals surface area contributed by atoms with Gasteiger partial charge in [0.2, 0.25) is 0 Å². The number of phenolic OH excluding ortho intramolecular Hbond substituents is 1. The number of nitrogens with zero attached hydrogens (tertiary/aromatic N) is 1. The first-order valence-electron chi connectivity index (χ1n) is 7.94. The Bertz CT molecular complexity index is 793. The molecule has 4 rings (SSSR count). The van der Waals surface area contributed by atoms with Crippen molar-refractivity contribution in [2.75, 3.05) is 0 Å². The van der Waals surface area contributed by atoms with Crippen molar-refractivity contribution >= 4 is 11.1 Å². The fraction of sp³-hybridized carbons (Fsp3) is 0.316. The SMILES string of the molecule is Oc1ccccc1C1CCCCC1c1ccc2ocnc2c1. The van der Waals surface area contributed by atoms with E-state index in [1.54, 1.807) is 6.07 Å². The van der Waals surface area contributed by atoms with E-state index in [0.29, 0.717) is 17.6 Å². The average Bonchev–Trinajstić information content (AvgIpc) is 3.03. The first kappa shape index (κ1) is 13.4. The summed E-state index contributed by atoms with van der Waals surface area (Å²) in [5.41, 5.74) is 4.12. The molecule has 1 aliphatic rings. The highest BCUT2D eigenvalue weighted by molar-refractivity contribution is 5.73. The molecule has 2 atom stereocenters. The molecule has 22 heavy (non-hydrogen) atoms. The number of rotatable bonds is 2. The Labute approximate surface area is 129 Å². The summed E-state index contributed by atoms with van der Waals surface area (Å²) >= 11 is 0. The van der Waals surface area contributed by atoms with Gasteiger partial charge >= 0.3 is 0 Å². The molecule has 0 radical (unpaired) electrons. The van der Waals surface area contributed by atoms with Gasteiger partial charge in [0.1, 0.15) is 11.3 Å². The lowest BCUT2D eigenvalue weighted by Gasteiger charge is -2.32. The van der Waals surface area contributed by atoms with Crippen molar-refractivity contribution in [2.45, 2.75) is 37.5 Å². The Hall–Kier alpha value is -2.29. The molecule has 1 aromatic heterocycles. The van der Waals surface area contributed by atoms with Gasteiger partial charge in [0.25, 0.3) is 0 Å². The fourth-order valence-corrected chi connectivity index (χ4v) is 3.81. The Balaban J connectivity index is 1.75. The molecule has 3 heteroatoms. The Morgan fingerprint density at radius 1 is 1.00 bits per heavy atom. The minimum atomic E-state index is 0.374. The number of aromatic hydroxyl groups is 1. The summed E-state index contributed by atoms with van der Waals surface area (Å²) < 4.78 is 5.34. The molecule has 1 fully saturated rings. The molecule has 0 bridgehead atoms. The molecule has 1 saturated carbocycles. The smallest absolute Gasteiger partial charge is 0.181 e. The van der Waals surface area contributed by atoms with Gasteiger partial charge in [-0.3, -0.25) is 0 Å². The minimum Gasteiger partial charge on any atom is -0.508 e. The Kier molecular flexibility index (Phi) is 3.34. The third-order valence-electron chi connectivity index (χ3n) is 4.88. The Morgan fingerprint density at radius 2 is 1.82 bits per heavy atom. The van der Waals surface area contributed by atoms with Crippen molar-refractivity contribution in [3.05, 3.63) is 60.0 Å². The maximum absolute atomic E-state index is 10.2. The summed E-state index contributed by atoms with van der Waals surface area (Å²) in [5.74, 6) is 1.23. The van der Waals surface area contributed by atoms with E-state index in [4.69, 9.17) is 4.42 Å². The molecule has 1 N–H and O–H groups in total. The van der Waals surface area contributed by atoms with Crippen molar-refractivity contribution in [1.29, 1.82) is 0 Å². The molecule has 3 nitrogen and oxygen atoms in total. The van der Waals surface area contributed by atoms with E-state index in [2.05, 4.69) is 23.2 Å². The minimum absolute atomic E-state index is 0.374. The van der Waals surface area contributed by atoms with Crippen molar-refractivity contribution in [2.24, 2.45) is 0 Å². The van der Waals surface area contributed by atoms with Crippen LogP contribution in [0.4, 0.5) is 0 Å². The Morgan fingerprint density at radius 3 is 2.68 bits per heavy atom. The van der Waals surface area contributed by atoms with Gasteiger partial charge < -0.3 is 9.52 Å². The summed E-state index contributed by atoms with van der Waals surface area (Å²) in [6, 6.07) is 14.1. The molecular formula is C19H19NO2. The molecule has 1 heterocycles. The van der Waals surface area contributed by atoms with Crippen LogP contribution in [0.3, 0.4) is 0 Å². The molecule has 112 valence electrons. The van der Waals surface area contributed by atoms with Crippen molar-refractivity contribution < 1.29 is 9.52 Å². The zero-order valence-electron chi connectivity index (χ0n) is 12.4.